The number of ether oxygens (including phenoxy) is 1. The van der Waals surface area contributed by atoms with Crippen LogP contribution in [0, 0.1) is 0 Å². The minimum atomic E-state index is -0.370. The lowest BCUT2D eigenvalue weighted by molar-refractivity contribution is -0.885. The molecule has 0 aliphatic rings. The molecule has 0 bridgehead atoms. The first-order valence-corrected chi connectivity index (χ1v) is 7.71. The van der Waals surface area contributed by atoms with Crippen LogP contribution in [-0.4, -0.2) is 44.1 Å². The topological polar surface area (TPSA) is 71.9 Å². The molecule has 6 nitrogen and oxygen atoms in total. The summed E-state index contributed by atoms with van der Waals surface area (Å²) in [5.41, 5.74) is 0.346. The molecule has 0 heterocycles. The van der Waals surface area contributed by atoms with Gasteiger partial charge in [0.15, 0.2) is 12.6 Å². The second kappa shape index (κ2) is 7.97. The number of carbonyl (C=O) groups is 2. The average Bonchev–Trinajstić information content (AvgIpc) is 2.44. The third-order valence-electron chi connectivity index (χ3n) is 3.45. The van der Waals surface area contributed by atoms with E-state index in [0.717, 1.165) is 4.90 Å². The van der Waals surface area contributed by atoms with Crippen molar-refractivity contribution in [1.29, 1.82) is 0 Å². The van der Waals surface area contributed by atoms with Crippen LogP contribution in [0.25, 0.3) is 0 Å². The summed E-state index contributed by atoms with van der Waals surface area (Å²) in [6.45, 7) is 7.82. The molecular weight excluding hydrogens is 294 g/mol. The first-order chi connectivity index (χ1) is 10.6. The van der Waals surface area contributed by atoms with Crippen molar-refractivity contribution in [1.82, 2.24) is 5.32 Å². The summed E-state index contributed by atoms with van der Waals surface area (Å²) in [5.74, 6) is 0.374. The Kier molecular flexibility index (Phi) is 6.57. The Morgan fingerprint density at radius 3 is 2.43 bits per heavy atom. The van der Waals surface area contributed by atoms with Gasteiger partial charge in [-0.2, -0.15) is 0 Å². The van der Waals surface area contributed by atoms with E-state index in [1.54, 1.807) is 26.2 Å². The van der Waals surface area contributed by atoms with Gasteiger partial charge >= 0.3 is 0 Å². The average molecular weight is 322 g/mol. The molecule has 23 heavy (non-hydrogen) atoms. The number of hydrogen-bond donors (Lipinski definition) is 3. The van der Waals surface area contributed by atoms with Crippen molar-refractivity contribution in [3.05, 3.63) is 24.3 Å². The normalized spacial score (nSPS) is 13.8. The Balaban J connectivity index is 2.63. The Bertz CT molecular complexity index is 552. The van der Waals surface area contributed by atoms with E-state index in [4.69, 9.17) is 4.74 Å². The van der Waals surface area contributed by atoms with Gasteiger partial charge in [0.1, 0.15) is 5.75 Å². The maximum atomic E-state index is 12.4. The quantitative estimate of drug-likeness (QED) is 0.712. The third-order valence-corrected chi connectivity index (χ3v) is 3.45. The van der Waals surface area contributed by atoms with Crippen LogP contribution in [0.2, 0.25) is 0 Å². The molecule has 1 aromatic carbocycles. The van der Waals surface area contributed by atoms with Crippen LogP contribution in [0.5, 0.6) is 5.75 Å². The Hall–Kier alpha value is -2.08. The molecule has 0 radical (unpaired) electrons. The van der Waals surface area contributed by atoms with Gasteiger partial charge in [0.25, 0.3) is 11.8 Å². The number of nitrogens with one attached hydrogen (secondary N) is 3. The molecule has 1 unspecified atom stereocenters. The van der Waals surface area contributed by atoms with Gasteiger partial charge in [0.2, 0.25) is 0 Å². The molecule has 6 heteroatoms. The molecule has 1 aromatic rings. The van der Waals surface area contributed by atoms with Crippen LogP contribution >= 0.6 is 0 Å². The molecule has 1 rings (SSSR count). The molecule has 2 amide bonds. The number of methoxy groups -OCH3 is 1. The highest BCUT2D eigenvalue weighted by molar-refractivity contribution is 5.95. The lowest BCUT2D eigenvalue weighted by atomic mass is 10.1. The highest BCUT2D eigenvalue weighted by Crippen LogP contribution is 2.22. The Morgan fingerprint density at radius 2 is 1.87 bits per heavy atom. The number of benzene rings is 1. The zero-order valence-electron chi connectivity index (χ0n) is 14.8. The van der Waals surface area contributed by atoms with Gasteiger partial charge in [-0.25, -0.2) is 0 Å². The maximum absolute atomic E-state index is 12.4. The van der Waals surface area contributed by atoms with Crippen molar-refractivity contribution in [2.75, 3.05) is 26.0 Å². The number of likely N-dealkylation sites (N-methyl/N-ethyl adjacent to an activating group) is 1. The monoisotopic (exact) mass is 322 g/mol. The second-order valence-corrected chi connectivity index (χ2v) is 6.73. The van der Waals surface area contributed by atoms with Crippen LogP contribution < -0.4 is 20.3 Å². The van der Waals surface area contributed by atoms with Crippen LogP contribution in [-0.2, 0) is 9.59 Å². The van der Waals surface area contributed by atoms with Crippen LogP contribution in [0.3, 0.4) is 0 Å². The van der Waals surface area contributed by atoms with E-state index in [1.807, 2.05) is 40.0 Å². The number of amides is 2. The molecule has 0 saturated carbocycles. The molecule has 128 valence electrons. The highest BCUT2D eigenvalue weighted by Gasteiger charge is 2.26. The molecule has 0 saturated heterocycles. The summed E-state index contributed by atoms with van der Waals surface area (Å²) in [4.78, 5) is 25.2. The largest absolute Gasteiger partial charge is 0.495 e. The molecule has 0 aromatic heterocycles. The van der Waals surface area contributed by atoms with Gasteiger partial charge in [-0.05, 0) is 39.8 Å². The lowest BCUT2D eigenvalue weighted by Crippen LogP contribution is -3.15. The number of rotatable bonds is 6. The van der Waals surface area contributed by atoms with Crippen molar-refractivity contribution in [2.45, 2.75) is 39.3 Å². The smallest absolute Gasteiger partial charge is 0.282 e. The standard InChI is InChI=1S/C17H27N3O3/c1-12(20(5)11-15(21)19-17(2,3)4)16(22)18-13-9-7-8-10-14(13)23-6/h7-10,12H,11H2,1-6H3,(H,18,22)(H,19,21)/p+1/t12-/m1/s1. The highest BCUT2D eigenvalue weighted by atomic mass is 16.5. The van der Waals surface area contributed by atoms with Gasteiger partial charge < -0.3 is 20.3 Å². The van der Waals surface area contributed by atoms with E-state index in [9.17, 15) is 9.59 Å². The van der Waals surface area contributed by atoms with Crippen molar-refractivity contribution in [3.8, 4) is 5.75 Å². The van der Waals surface area contributed by atoms with Crippen LogP contribution in [0.15, 0.2) is 24.3 Å². The lowest BCUT2D eigenvalue weighted by Gasteiger charge is -2.24. The number of carbonyl (C=O) groups excluding carboxylic acids is 2. The Labute approximate surface area is 138 Å². The molecule has 2 atom stereocenters. The minimum Gasteiger partial charge on any atom is -0.495 e. The fourth-order valence-corrected chi connectivity index (χ4v) is 2.08. The molecule has 0 aliphatic heterocycles. The summed E-state index contributed by atoms with van der Waals surface area (Å²) < 4.78 is 5.22. The van der Waals surface area contributed by atoms with Crippen molar-refractivity contribution < 1.29 is 19.2 Å². The summed E-state index contributed by atoms with van der Waals surface area (Å²) >= 11 is 0. The zero-order chi connectivity index (χ0) is 17.6. The SMILES string of the molecule is COc1ccccc1NC(=O)[C@@H](C)[NH+](C)CC(=O)NC(C)(C)C. The number of quaternary nitrogens is 1. The van der Waals surface area contributed by atoms with E-state index in [1.165, 1.54) is 0 Å². The van der Waals surface area contributed by atoms with Gasteiger partial charge in [0.05, 0.1) is 19.8 Å². The summed E-state index contributed by atoms with van der Waals surface area (Å²) in [6, 6.07) is 6.87. The second-order valence-electron chi connectivity index (χ2n) is 6.73. The summed E-state index contributed by atoms with van der Waals surface area (Å²) in [5, 5.41) is 5.75. The van der Waals surface area contributed by atoms with Gasteiger partial charge in [-0.1, -0.05) is 12.1 Å². The van der Waals surface area contributed by atoms with E-state index in [2.05, 4.69) is 10.6 Å². The predicted octanol–water partition coefficient (Wildman–Crippen LogP) is 0.452. The van der Waals surface area contributed by atoms with Crippen LogP contribution in [0.4, 0.5) is 5.69 Å². The first kappa shape index (κ1) is 19.0. The molecule has 0 aliphatic carbocycles. The van der Waals surface area contributed by atoms with Crippen molar-refractivity contribution >= 4 is 17.5 Å². The van der Waals surface area contributed by atoms with Crippen molar-refractivity contribution in [2.24, 2.45) is 0 Å². The first-order valence-electron chi connectivity index (χ1n) is 7.71. The summed E-state index contributed by atoms with van der Waals surface area (Å²) in [6.07, 6.45) is 0. The van der Waals surface area contributed by atoms with Crippen LogP contribution in [0.1, 0.15) is 27.7 Å². The maximum Gasteiger partial charge on any atom is 0.282 e. The minimum absolute atomic E-state index is 0.0769. The molecule has 0 spiro atoms. The van der Waals surface area contributed by atoms with E-state index in [0.29, 0.717) is 11.4 Å². The fourth-order valence-electron chi connectivity index (χ4n) is 2.08. The molecule has 3 N–H and O–H groups in total. The number of anilines is 1. The van der Waals surface area contributed by atoms with Gasteiger partial charge in [0, 0.05) is 5.54 Å². The fraction of sp³-hybridized carbons (Fsp3) is 0.529. The van der Waals surface area contributed by atoms with E-state index in [-0.39, 0.29) is 29.9 Å². The van der Waals surface area contributed by atoms with Gasteiger partial charge in [-0.15, -0.1) is 0 Å². The number of para-hydroxylation sites is 2. The predicted molar refractivity (Wildman–Crippen MR) is 90.7 cm³/mol. The van der Waals surface area contributed by atoms with Gasteiger partial charge in [-0.3, -0.25) is 9.59 Å². The van der Waals surface area contributed by atoms with Crippen molar-refractivity contribution in [3.63, 3.8) is 0 Å². The third kappa shape index (κ3) is 6.28. The summed E-state index contributed by atoms with van der Waals surface area (Å²) in [7, 11) is 3.39. The molecule has 0 fully saturated rings. The zero-order valence-corrected chi connectivity index (χ0v) is 14.8. The van der Waals surface area contributed by atoms with E-state index < -0.39 is 0 Å². The Morgan fingerprint density at radius 1 is 1.26 bits per heavy atom. The number of hydrogen-bond acceptors (Lipinski definition) is 3. The molecular formula is C17H28N3O3+. The van der Waals surface area contributed by atoms with E-state index >= 15 is 0 Å².